The summed E-state index contributed by atoms with van der Waals surface area (Å²) in [6, 6.07) is 8.07. The van der Waals surface area contributed by atoms with Gasteiger partial charge in [0, 0.05) is 22.3 Å². The summed E-state index contributed by atoms with van der Waals surface area (Å²) in [5.74, 6) is 1.54. The summed E-state index contributed by atoms with van der Waals surface area (Å²) in [6.07, 6.45) is 0. The van der Waals surface area contributed by atoms with E-state index in [4.69, 9.17) is 0 Å². The molecule has 5 nitrogen and oxygen atoms in total. The van der Waals surface area contributed by atoms with E-state index in [-0.39, 0.29) is 0 Å². The Kier molecular flexibility index (Phi) is 3.47. The third-order valence-electron chi connectivity index (χ3n) is 2.83. The maximum atomic E-state index is 4.44. The van der Waals surface area contributed by atoms with Crippen LogP contribution >= 0.6 is 11.3 Å². The van der Waals surface area contributed by atoms with E-state index in [1.54, 1.807) is 11.3 Å². The van der Waals surface area contributed by atoms with Crippen molar-refractivity contribution in [1.82, 2.24) is 20.2 Å². The number of aryl methyl sites for hydroxylation is 2. The molecule has 0 aliphatic carbocycles. The minimum absolute atomic E-state index is 0.719. The maximum absolute atomic E-state index is 4.44. The molecule has 2 N–H and O–H groups in total. The lowest BCUT2D eigenvalue weighted by atomic mass is 10.2. The molecule has 3 aromatic rings. The van der Waals surface area contributed by atoms with E-state index in [2.05, 4.69) is 30.9 Å². The van der Waals surface area contributed by atoms with Gasteiger partial charge in [0.15, 0.2) is 5.82 Å². The standard InChI is InChI=1S/C14H15N5S/c1-9-8-20-13(16-9)7-15-12-5-3-4-11(6-12)14-17-10(2)18-19-14/h3-6,8,15H,7H2,1-2H3,(H,17,18,19). The molecule has 0 fully saturated rings. The van der Waals surface area contributed by atoms with Crippen molar-refractivity contribution in [3.05, 3.63) is 46.2 Å². The number of hydrogen-bond donors (Lipinski definition) is 2. The lowest BCUT2D eigenvalue weighted by Crippen LogP contribution is -1.99. The van der Waals surface area contributed by atoms with Crippen molar-refractivity contribution in [3.8, 4) is 11.4 Å². The molecule has 0 amide bonds. The van der Waals surface area contributed by atoms with Gasteiger partial charge in [-0.1, -0.05) is 12.1 Å². The zero-order valence-corrected chi connectivity index (χ0v) is 12.2. The summed E-state index contributed by atoms with van der Waals surface area (Å²) in [4.78, 5) is 8.77. The third kappa shape index (κ3) is 2.85. The van der Waals surface area contributed by atoms with Gasteiger partial charge >= 0.3 is 0 Å². The van der Waals surface area contributed by atoms with Crippen LogP contribution in [0.5, 0.6) is 0 Å². The van der Waals surface area contributed by atoms with E-state index in [1.165, 1.54) is 0 Å². The van der Waals surface area contributed by atoms with Gasteiger partial charge in [-0.15, -0.1) is 11.3 Å². The molecule has 0 unspecified atom stereocenters. The van der Waals surface area contributed by atoms with Gasteiger partial charge < -0.3 is 5.32 Å². The fraction of sp³-hybridized carbons (Fsp3) is 0.214. The first-order valence-electron chi connectivity index (χ1n) is 6.35. The van der Waals surface area contributed by atoms with Gasteiger partial charge in [0.05, 0.1) is 6.54 Å². The smallest absolute Gasteiger partial charge is 0.181 e. The van der Waals surface area contributed by atoms with E-state index in [1.807, 2.05) is 38.1 Å². The molecule has 0 saturated heterocycles. The number of aromatic amines is 1. The maximum Gasteiger partial charge on any atom is 0.181 e. The Hall–Kier alpha value is -2.21. The monoisotopic (exact) mass is 285 g/mol. The van der Waals surface area contributed by atoms with Gasteiger partial charge in [0.25, 0.3) is 0 Å². The van der Waals surface area contributed by atoms with Crippen LogP contribution < -0.4 is 5.32 Å². The Balaban J connectivity index is 1.74. The van der Waals surface area contributed by atoms with Crippen LogP contribution in [0.1, 0.15) is 16.5 Å². The first kappa shape index (κ1) is 12.8. The molecule has 20 heavy (non-hydrogen) atoms. The molecular formula is C14H15N5S. The number of anilines is 1. The predicted molar refractivity (Wildman–Crippen MR) is 80.7 cm³/mol. The summed E-state index contributed by atoms with van der Waals surface area (Å²) in [6.45, 7) is 4.63. The molecule has 0 radical (unpaired) electrons. The van der Waals surface area contributed by atoms with Crippen LogP contribution in [0, 0.1) is 13.8 Å². The van der Waals surface area contributed by atoms with Crippen LogP contribution in [-0.2, 0) is 6.54 Å². The second-order valence-corrected chi connectivity index (χ2v) is 5.50. The molecule has 0 spiro atoms. The van der Waals surface area contributed by atoms with E-state index >= 15 is 0 Å². The Morgan fingerprint density at radius 3 is 2.85 bits per heavy atom. The van der Waals surface area contributed by atoms with Crippen molar-refractivity contribution in [2.45, 2.75) is 20.4 Å². The normalized spacial score (nSPS) is 10.7. The Bertz CT molecular complexity index is 716. The fourth-order valence-electron chi connectivity index (χ4n) is 1.90. The van der Waals surface area contributed by atoms with E-state index < -0.39 is 0 Å². The minimum Gasteiger partial charge on any atom is -0.379 e. The molecule has 0 aliphatic heterocycles. The SMILES string of the molecule is Cc1csc(CNc2cccc(-c3n[nH]c(C)n3)c2)n1. The Labute approximate surface area is 121 Å². The van der Waals surface area contributed by atoms with Gasteiger partial charge in [0.2, 0.25) is 0 Å². The molecule has 0 saturated carbocycles. The highest BCUT2D eigenvalue weighted by Gasteiger charge is 2.05. The first-order valence-corrected chi connectivity index (χ1v) is 7.23. The molecular weight excluding hydrogens is 270 g/mol. The molecule has 3 rings (SSSR count). The quantitative estimate of drug-likeness (QED) is 0.772. The summed E-state index contributed by atoms with van der Waals surface area (Å²) in [5.41, 5.74) is 3.10. The van der Waals surface area contributed by atoms with E-state index in [9.17, 15) is 0 Å². The van der Waals surface area contributed by atoms with Crippen molar-refractivity contribution >= 4 is 17.0 Å². The zero-order valence-electron chi connectivity index (χ0n) is 11.3. The number of H-pyrrole nitrogens is 1. The van der Waals surface area contributed by atoms with Gasteiger partial charge in [-0.2, -0.15) is 5.10 Å². The van der Waals surface area contributed by atoms with Gasteiger partial charge in [-0.25, -0.2) is 9.97 Å². The largest absolute Gasteiger partial charge is 0.379 e. The third-order valence-corrected chi connectivity index (χ3v) is 3.79. The lowest BCUT2D eigenvalue weighted by Gasteiger charge is -2.05. The number of nitrogens with zero attached hydrogens (tertiary/aromatic N) is 3. The van der Waals surface area contributed by atoms with Gasteiger partial charge in [-0.05, 0) is 26.0 Å². The number of nitrogens with one attached hydrogen (secondary N) is 2. The molecule has 0 aliphatic rings. The number of hydrogen-bond acceptors (Lipinski definition) is 5. The fourth-order valence-corrected chi connectivity index (χ4v) is 2.61. The summed E-state index contributed by atoms with van der Waals surface area (Å²) < 4.78 is 0. The van der Waals surface area contributed by atoms with Crippen molar-refractivity contribution in [1.29, 1.82) is 0 Å². The van der Waals surface area contributed by atoms with Gasteiger partial charge in [-0.3, -0.25) is 5.10 Å². The van der Waals surface area contributed by atoms with Crippen LogP contribution in [0.2, 0.25) is 0 Å². The Morgan fingerprint density at radius 2 is 2.15 bits per heavy atom. The summed E-state index contributed by atoms with van der Waals surface area (Å²) in [5, 5.41) is 13.5. The highest BCUT2D eigenvalue weighted by atomic mass is 32.1. The van der Waals surface area contributed by atoms with Crippen molar-refractivity contribution in [2.24, 2.45) is 0 Å². The topological polar surface area (TPSA) is 66.5 Å². The minimum atomic E-state index is 0.719. The average molecular weight is 285 g/mol. The molecule has 6 heteroatoms. The van der Waals surface area contributed by atoms with Crippen molar-refractivity contribution in [3.63, 3.8) is 0 Å². The summed E-state index contributed by atoms with van der Waals surface area (Å²) in [7, 11) is 0. The Morgan fingerprint density at radius 1 is 1.25 bits per heavy atom. The zero-order chi connectivity index (χ0) is 13.9. The van der Waals surface area contributed by atoms with Crippen molar-refractivity contribution in [2.75, 3.05) is 5.32 Å². The molecule has 0 atom stereocenters. The highest BCUT2D eigenvalue weighted by Crippen LogP contribution is 2.20. The first-order chi connectivity index (χ1) is 9.70. The number of aromatic nitrogens is 4. The van der Waals surface area contributed by atoms with Crippen molar-refractivity contribution < 1.29 is 0 Å². The number of benzene rings is 1. The van der Waals surface area contributed by atoms with Crippen LogP contribution in [0.25, 0.3) is 11.4 Å². The molecule has 1 aromatic carbocycles. The van der Waals surface area contributed by atoms with Crippen LogP contribution in [0.4, 0.5) is 5.69 Å². The predicted octanol–water partition coefficient (Wildman–Crippen LogP) is 3.16. The molecule has 2 heterocycles. The van der Waals surface area contributed by atoms with Crippen LogP contribution in [0.15, 0.2) is 29.6 Å². The second-order valence-electron chi connectivity index (χ2n) is 4.56. The molecule has 2 aromatic heterocycles. The lowest BCUT2D eigenvalue weighted by molar-refractivity contribution is 1.04. The number of thiazole rings is 1. The van der Waals surface area contributed by atoms with Crippen LogP contribution in [0.3, 0.4) is 0 Å². The highest BCUT2D eigenvalue weighted by molar-refractivity contribution is 7.09. The number of rotatable bonds is 4. The average Bonchev–Trinajstić information content (AvgIpc) is 3.06. The molecule has 102 valence electrons. The van der Waals surface area contributed by atoms with E-state index in [0.717, 1.165) is 40.1 Å². The summed E-state index contributed by atoms with van der Waals surface area (Å²) >= 11 is 1.67. The molecule has 0 bridgehead atoms. The second kappa shape index (κ2) is 5.42. The van der Waals surface area contributed by atoms with E-state index in [0.29, 0.717) is 0 Å². The van der Waals surface area contributed by atoms with Gasteiger partial charge in [0.1, 0.15) is 10.8 Å². The van der Waals surface area contributed by atoms with Crippen LogP contribution in [-0.4, -0.2) is 20.2 Å².